The number of carboxylic acids is 1. The van der Waals surface area contributed by atoms with E-state index < -0.39 is 12.1 Å². The Morgan fingerprint density at radius 1 is 1.67 bits per heavy atom. The van der Waals surface area contributed by atoms with E-state index in [2.05, 4.69) is 0 Å². The topological polar surface area (TPSA) is 46.5 Å². The second kappa shape index (κ2) is 4.50. The molecule has 0 amide bonds. The Labute approximate surface area is 83.4 Å². The summed E-state index contributed by atoms with van der Waals surface area (Å²) in [6.07, 6.45) is 1.04. The van der Waals surface area contributed by atoms with Gasteiger partial charge in [-0.3, -0.25) is 0 Å². The van der Waals surface area contributed by atoms with Crippen molar-refractivity contribution >= 4 is 43.7 Å². The minimum atomic E-state index is -0.831. The van der Waals surface area contributed by atoms with E-state index in [4.69, 9.17) is 9.84 Å². The second-order valence-electron chi connectivity index (χ2n) is 1.84. The van der Waals surface area contributed by atoms with Gasteiger partial charge in [-0.2, -0.15) is 0 Å². The third kappa shape index (κ3) is 2.85. The molecule has 1 rings (SSSR count). The van der Waals surface area contributed by atoms with Gasteiger partial charge in [0.25, 0.3) is 0 Å². The van der Waals surface area contributed by atoms with Gasteiger partial charge in [-0.05, 0) is 12.8 Å². The van der Waals surface area contributed by atoms with E-state index >= 15 is 0 Å². The zero-order valence-corrected chi connectivity index (χ0v) is 4.46. The van der Waals surface area contributed by atoms with Crippen molar-refractivity contribution in [1.29, 1.82) is 0 Å². The van der Waals surface area contributed by atoms with Crippen molar-refractivity contribution in [2.24, 2.45) is 0 Å². The van der Waals surface area contributed by atoms with Gasteiger partial charge in [0, 0.05) is 6.61 Å². The van der Waals surface area contributed by atoms with Crippen LogP contribution in [0.3, 0.4) is 0 Å². The first kappa shape index (κ1) is 9.69. The van der Waals surface area contributed by atoms with Crippen LogP contribution in [0, 0.1) is 0 Å². The summed E-state index contributed by atoms with van der Waals surface area (Å²) >= 11 is 0. The van der Waals surface area contributed by atoms with Crippen LogP contribution in [0.1, 0.15) is 12.8 Å². The predicted molar refractivity (Wildman–Crippen MR) is 35.2 cm³/mol. The molecular weight excluding hydrogens is 148 g/mol. The molecule has 0 saturated carbocycles. The van der Waals surface area contributed by atoms with E-state index in [0.717, 1.165) is 6.42 Å². The molecule has 9 heavy (non-hydrogen) atoms. The minimum absolute atomic E-state index is 0. The molecule has 3 nitrogen and oxygen atoms in total. The van der Waals surface area contributed by atoms with Crippen LogP contribution < -0.4 is 0 Å². The molecule has 0 aromatic carbocycles. The van der Waals surface area contributed by atoms with E-state index in [-0.39, 0.29) is 37.7 Å². The molecular formula is C5H10CaO3. The summed E-state index contributed by atoms with van der Waals surface area (Å²) in [6, 6.07) is 0. The molecule has 1 N–H and O–H groups in total. The van der Waals surface area contributed by atoms with Crippen LogP contribution in [0.5, 0.6) is 0 Å². The van der Waals surface area contributed by atoms with Crippen molar-refractivity contribution in [3.05, 3.63) is 0 Å². The van der Waals surface area contributed by atoms with Crippen molar-refractivity contribution in [2.75, 3.05) is 6.61 Å². The fraction of sp³-hybridized carbons (Fsp3) is 0.800. The summed E-state index contributed by atoms with van der Waals surface area (Å²) in [4.78, 5) is 10.1. The third-order valence-corrected chi connectivity index (χ3v) is 1.21. The molecule has 50 valence electrons. The van der Waals surface area contributed by atoms with Crippen molar-refractivity contribution in [3.63, 3.8) is 0 Å². The molecule has 1 saturated heterocycles. The van der Waals surface area contributed by atoms with Gasteiger partial charge >= 0.3 is 43.7 Å². The number of hydrogen-bond donors (Lipinski definition) is 1. The molecule has 0 aromatic heterocycles. The van der Waals surface area contributed by atoms with Crippen LogP contribution in [-0.2, 0) is 9.53 Å². The first-order chi connectivity index (χ1) is 3.80. The molecule has 1 atom stereocenters. The summed E-state index contributed by atoms with van der Waals surface area (Å²) in [5.74, 6) is -0.831. The normalized spacial score (nSPS) is 25.1. The Morgan fingerprint density at radius 3 is 2.56 bits per heavy atom. The Hall–Kier alpha value is 0.690. The summed E-state index contributed by atoms with van der Waals surface area (Å²) in [7, 11) is 0. The van der Waals surface area contributed by atoms with Gasteiger partial charge in [0.2, 0.25) is 0 Å². The van der Waals surface area contributed by atoms with Crippen molar-refractivity contribution in [2.45, 2.75) is 18.9 Å². The van der Waals surface area contributed by atoms with Crippen LogP contribution in [0.15, 0.2) is 0 Å². The van der Waals surface area contributed by atoms with Crippen LogP contribution >= 0.6 is 0 Å². The van der Waals surface area contributed by atoms with E-state index in [1.54, 1.807) is 0 Å². The van der Waals surface area contributed by atoms with Crippen molar-refractivity contribution in [3.8, 4) is 0 Å². The summed E-state index contributed by atoms with van der Waals surface area (Å²) in [5, 5.41) is 8.29. The average Bonchev–Trinajstić information content (AvgIpc) is 2.12. The summed E-state index contributed by atoms with van der Waals surface area (Å²) in [6.45, 7) is 0.608. The van der Waals surface area contributed by atoms with Crippen molar-refractivity contribution in [1.82, 2.24) is 0 Å². The maximum absolute atomic E-state index is 10.1. The quantitative estimate of drug-likeness (QED) is 0.515. The second-order valence-corrected chi connectivity index (χ2v) is 1.84. The van der Waals surface area contributed by atoms with E-state index in [0.29, 0.717) is 13.0 Å². The van der Waals surface area contributed by atoms with Gasteiger partial charge in [-0.25, -0.2) is 4.79 Å². The molecule has 1 aliphatic rings. The zero-order valence-electron chi connectivity index (χ0n) is 4.46. The molecule has 0 radical (unpaired) electrons. The van der Waals surface area contributed by atoms with Crippen LogP contribution in [0.4, 0.5) is 0 Å². The Balaban J connectivity index is 0.000000640. The fourth-order valence-electron chi connectivity index (χ4n) is 0.772. The standard InChI is InChI=1S/C5H8O3.Ca.2H/c6-5(7)4-2-1-3-8-4;;;/h4H,1-3H2,(H,6,7);;;. The first-order valence-corrected chi connectivity index (χ1v) is 2.65. The average molecular weight is 158 g/mol. The number of hydrogen-bond acceptors (Lipinski definition) is 2. The summed E-state index contributed by atoms with van der Waals surface area (Å²) in [5.41, 5.74) is 0. The molecule has 0 spiro atoms. The fourth-order valence-corrected chi connectivity index (χ4v) is 0.772. The van der Waals surface area contributed by atoms with Gasteiger partial charge in [-0.1, -0.05) is 0 Å². The molecule has 1 unspecified atom stereocenters. The van der Waals surface area contributed by atoms with Crippen molar-refractivity contribution < 1.29 is 14.6 Å². The molecule has 1 aliphatic heterocycles. The zero-order chi connectivity index (χ0) is 5.98. The molecule has 1 fully saturated rings. The van der Waals surface area contributed by atoms with Crippen LogP contribution in [0.25, 0.3) is 0 Å². The molecule has 0 bridgehead atoms. The number of ether oxygens (including phenoxy) is 1. The third-order valence-electron chi connectivity index (χ3n) is 1.21. The Morgan fingerprint density at radius 2 is 2.33 bits per heavy atom. The predicted octanol–water partition coefficient (Wildman–Crippen LogP) is -0.666. The van der Waals surface area contributed by atoms with Gasteiger partial charge < -0.3 is 9.84 Å². The number of aliphatic carboxylic acids is 1. The monoisotopic (exact) mass is 158 g/mol. The maximum atomic E-state index is 10.1. The molecule has 4 heteroatoms. The summed E-state index contributed by atoms with van der Waals surface area (Å²) < 4.78 is 4.81. The number of rotatable bonds is 1. The Bertz CT molecular complexity index is 98.4. The Kier molecular flexibility index (Phi) is 4.84. The van der Waals surface area contributed by atoms with E-state index in [1.807, 2.05) is 0 Å². The van der Waals surface area contributed by atoms with E-state index in [9.17, 15) is 4.79 Å². The van der Waals surface area contributed by atoms with Gasteiger partial charge in [0.05, 0.1) is 0 Å². The van der Waals surface area contributed by atoms with Gasteiger partial charge in [0.15, 0.2) is 6.10 Å². The van der Waals surface area contributed by atoms with Crippen LogP contribution in [0.2, 0.25) is 0 Å². The SMILES string of the molecule is O=C(O)C1CCCO1.[CaH2]. The van der Waals surface area contributed by atoms with Gasteiger partial charge in [-0.15, -0.1) is 0 Å². The number of carboxylic acid groups (broad SMARTS) is 1. The van der Waals surface area contributed by atoms with E-state index in [1.165, 1.54) is 0 Å². The number of carbonyl (C=O) groups is 1. The molecule has 1 heterocycles. The molecule has 0 aromatic rings. The van der Waals surface area contributed by atoms with Crippen LogP contribution in [-0.4, -0.2) is 61.5 Å². The molecule has 0 aliphatic carbocycles. The van der Waals surface area contributed by atoms with Gasteiger partial charge in [0.1, 0.15) is 0 Å². The first-order valence-electron chi connectivity index (χ1n) is 2.65.